The molecule has 0 bridgehead atoms. The number of rotatable bonds is 8. The monoisotopic (exact) mass is 619 g/mol. The summed E-state index contributed by atoms with van der Waals surface area (Å²) in [5, 5.41) is 4.05. The first-order valence-corrected chi connectivity index (χ1v) is 11.3. The summed E-state index contributed by atoms with van der Waals surface area (Å²) in [6.07, 6.45) is -2.14. The van der Waals surface area contributed by atoms with E-state index in [-0.39, 0.29) is 5.82 Å². The van der Waals surface area contributed by atoms with Gasteiger partial charge >= 0.3 is 6.18 Å². The lowest BCUT2D eigenvalue weighted by Gasteiger charge is -2.15. The molecule has 0 saturated heterocycles. The molecule has 0 radical (unpaired) electrons. The quantitative estimate of drug-likeness (QED) is 0.169. The van der Waals surface area contributed by atoms with E-state index in [2.05, 4.69) is 54.0 Å². The van der Waals surface area contributed by atoms with Gasteiger partial charge in [0.1, 0.15) is 12.4 Å². The molecule has 0 fully saturated rings. The van der Waals surface area contributed by atoms with E-state index in [1.807, 2.05) is 37.3 Å². The van der Waals surface area contributed by atoms with Gasteiger partial charge in [-0.25, -0.2) is 4.98 Å². The lowest BCUT2D eigenvalue weighted by molar-refractivity contribution is -0.137. The van der Waals surface area contributed by atoms with Gasteiger partial charge in [0.2, 0.25) is 0 Å². The minimum absolute atomic E-state index is 0.198. The average molecular weight is 620 g/mol. The minimum Gasteiger partial charge on any atom is -0.490 e. The fourth-order valence-electron chi connectivity index (χ4n) is 2.60. The van der Waals surface area contributed by atoms with E-state index in [1.54, 1.807) is 6.07 Å². The molecule has 0 aliphatic rings. The molecule has 0 unspecified atom stereocenters. The highest BCUT2D eigenvalue weighted by atomic mass is 127. The zero-order chi connectivity index (χ0) is 23.1. The largest absolute Gasteiger partial charge is 0.490 e. The van der Waals surface area contributed by atoms with Crippen molar-refractivity contribution in [2.45, 2.75) is 19.7 Å². The number of ether oxygens (including phenoxy) is 2. The highest BCUT2D eigenvalue weighted by Gasteiger charge is 2.30. The number of halogens is 5. The molecule has 2 aromatic carbocycles. The molecule has 0 atom stereocenters. The Kier molecular flexibility index (Phi) is 8.35. The Bertz CT molecular complexity index is 1080. The molecule has 1 N–H and O–H groups in total. The van der Waals surface area contributed by atoms with Gasteiger partial charge in [0.25, 0.3) is 0 Å². The zero-order valence-corrected chi connectivity index (χ0v) is 20.5. The third-order valence-corrected chi connectivity index (χ3v) is 5.44. The van der Waals surface area contributed by atoms with Gasteiger partial charge < -0.3 is 9.47 Å². The topological polar surface area (TPSA) is 55.7 Å². The van der Waals surface area contributed by atoms with Crippen LogP contribution in [0.4, 0.5) is 19.0 Å². The van der Waals surface area contributed by atoms with E-state index in [4.69, 9.17) is 9.47 Å². The molecule has 0 spiro atoms. The third kappa shape index (κ3) is 6.83. The summed E-state index contributed by atoms with van der Waals surface area (Å²) >= 11 is 5.57. The van der Waals surface area contributed by atoms with Crippen LogP contribution in [-0.2, 0) is 12.8 Å². The van der Waals surface area contributed by atoms with Crippen LogP contribution in [0.1, 0.15) is 23.6 Å². The van der Waals surface area contributed by atoms with Crippen LogP contribution in [0.25, 0.3) is 0 Å². The molecule has 0 saturated carbocycles. The van der Waals surface area contributed by atoms with Crippen LogP contribution in [0.3, 0.4) is 0 Å². The van der Waals surface area contributed by atoms with Crippen LogP contribution in [0.15, 0.2) is 64.3 Å². The molecule has 0 amide bonds. The number of nitrogens with one attached hydrogen (secondary N) is 1. The fraction of sp³-hybridized carbons (Fsp3) is 0.182. The molecule has 1 aromatic heterocycles. The minimum atomic E-state index is -4.43. The van der Waals surface area contributed by atoms with Gasteiger partial charge in [-0.1, -0.05) is 28.1 Å². The molecule has 32 heavy (non-hydrogen) atoms. The van der Waals surface area contributed by atoms with Crippen LogP contribution >= 0.6 is 38.5 Å². The van der Waals surface area contributed by atoms with Crippen LogP contribution < -0.4 is 14.9 Å². The number of nitrogens with zero attached hydrogens (tertiary/aromatic N) is 2. The highest BCUT2D eigenvalue weighted by Crippen LogP contribution is 2.34. The van der Waals surface area contributed by atoms with E-state index < -0.39 is 11.7 Å². The normalized spacial score (nSPS) is 11.6. The number of hydrogen-bond acceptors (Lipinski definition) is 5. The van der Waals surface area contributed by atoms with E-state index in [9.17, 15) is 13.2 Å². The van der Waals surface area contributed by atoms with Crippen molar-refractivity contribution in [3.05, 3.63) is 79.5 Å². The van der Waals surface area contributed by atoms with Gasteiger partial charge in [0, 0.05) is 10.7 Å². The summed E-state index contributed by atoms with van der Waals surface area (Å²) in [6, 6.07) is 13.7. The Morgan fingerprint density at radius 1 is 1.12 bits per heavy atom. The smallest absolute Gasteiger partial charge is 0.417 e. The zero-order valence-electron chi connectivity index (χ0n) is 16.8. The SMILES string of the molecule is CCOc1cc(/C=N\Nc2ccc(C(F)(F)F)cn2)cc(I)c1OCc1ccc(Br)cc1. The number of hydrogen-bond donors (Lipinski definition) is 1. The Morgan fingerprint density at radius 2 is 1.88 bits per heavy atom. The van der Waals surface area contributed by atoms with Gasteiger partial charge in [-0.2, -0.15) is 18.3 Å². The van der Waals surface area contributed by atoms with E-state index >= 15 is 0 Å². The number of pyridine rings is 1. The second kappa shape index (κ2) is 11.0. The van der Waals surface area contributed by atoms with Crippen molar-refractivity contribution in [2.24, 2.45) is 5.10 Å². The van der Waals surface area contributed by atoms with Gasteiger partial charge in [-0.05, 0) is 77.0 Å². The van der Waals surface area contributed by atoms with Gasteiger partial charge in [-0.3, -0.25) is 5.43 Å². The number of hydrazone groups is 1. The Morgan fingerprint density at radius 3 is 2.50 bits per heavy atom. The van der Waals surface area contributed by atoms with Crippen molar-refractivity contribution in [2.75, 3.05) is 12.0 Å². The van der Waals surface area contributed by atoms with Gasteiger partial charge in [-0.15, -0.1) is 0 Å². The number of anilines is 1. The van der Waals surface area contributed by atoms with Crippen molar-refractivity contribution in [1.82, 2.24) is 4.98 Å². The number of benzene rings is 2. The van der Waals surface area contributed by atoms with Crippen LogP contribution in [0.2, 0.25) is 0 Å². The molecule has 168 valence electrons. The first kappa shape index (κ1) is 24.3. The summed E-state index contributed by atoms with van der Waals surface area (Å²) < 4.78 is 51.4. The van der Waals surface area contributed by atoms with Crippen molar-refractivity contribution < 1.29 is 22.6 Å². The summed E-state index contributed by atoms with van der Waals surface area (Å²) in [5.41, 5.74) is 3.55. The summed E-state index contributed by atoms with van der Waals surface area (Å²) in [5.74, 6) is 1.40. The Balaban J connectivity index is 1.71. The lowest BCUT2D eigenvalue weighted by atomic mass is 10.2. The van der Waals surface area contributed by atoms with Gasteiger partial charge in [0.05, 0.1) is 22.0 Å². The van der Waals surface area contributed by atoms with Crippen molar-refractivity contribution >= 4 is 50.6 Å². The molecule has 5 nitrogen and oxygen atoms in total. The Hall–Kier alpha value is -2.34. The van der Waals surface area contributed by atoms with Crippen molar-refractivity contribution in [1.29, 1.82) is 0 Å². The fourth-order valence-corrected chi connectivity index (χ4v) is 3.65. The van der Waals surface area contributed by atoms with Crippen LogP contribution in [0.5, 0.6) is 11.5 Å². The first-order chi connectivity index (χ1) is 15.3. The molecular formula is C22H18BrF3IN3O2. The number of aromatic nitrogens is 1. The molecule has 1 heterocycles. The molecule has 10 heteroatoms. The second-order valence-corrected chi connectivity index (χ2v) is 8.56. The molecular weight excluding hydrogens is 602 g/mol. The van der Waals surface area contributed by atoms with E-state index in [0.717, 1.165) is 31.4 Å². The predicted molar refractivity (Wildman–Crippen MR) is 129 cm³/mol. The summed E-state index contributed by atoms with van der Waals surface area (Å²) in [4.78, 5) is 3.72. The predicted octanol–water partition coefficient (Wildman–Crippen LogP) is 6.89. The summed E-state index contributed by atoms with van der Waals surface area (Å²) in [6.45, 7) is 2.72. The highest BCUT2D eigenvalue weighted by molar-refractivity contribution is 14.1. The summed E-state index contributed by atoms with van der Waals surface area (Å²) in [7, 11) is 0. The maximum atomic E-state index is 12.6. The van der Waals surface area contributed by atoms with Crippen molar-refractivity contribution in [3.63, 3.8) is 0 Å². The number of alkyl halides is 3. The maximum Gasteiger partial charge on any atom is 0.417 e. The van der Waals surface area contributed by atoms with Crippen LogP contribution in [0, 0.1) is 3.57 Å². The standard InChI is InChI=1S/C22H18BrF3IN3O2/c1-2-31-19-10-15(11-29-30-20-8-5-16(12-28-20)22(24,25)26)9-18(27)21(19)32-13-14-3-6-17(23)7-4-14/h3-12H,2,13H2,1H3,(H,28,30)/b29-11-. The van der Waals surface area contributed by atoms with E-state index in [1.165, 1.54) is 12.3 Å². The van der Waals surface area contributed by atoms with Crippen molar-refractivity contribution in [3.8, 4) is 11.5 Å². The molecule has 3 rings (SSSR count). The molecule has 0 aliphatic heterocycles. The average Bonchev–Trinajstić information content (AvgIpc) is 2.74. The second-order valence-electron chi connectivity index (χ2n) is 6.48. The van der Waals surface area contributed by atoms with Gasteiger partial charge in [0.15, 0.2) is 11.5 Å². The molecule has 0 aliphatic carbocycles. The maximum absolute atomic E-state index is 12.6. The van der Waals surface area contributed by atoms with Crippen LogP contribution in [-0.4, -0.2) is 17.8 Å². The van der Waals surface area contributed by atoms with E-state index in [0.29, 0.717) is 24.7 Å². The lowest BCUT2D eigenvalue weighted by Crippen LogP contribution is -2.05. The first-order valence-electron chi connectivity index (χ1n) is 9.42. The third-order valence-electron chi connectivity index (χ3n) is 4.11. The Labute approximate surface area is 205 Å². The molecule has 3 aromatic rings.